The Labute approximate surface area is 139 Å². The third-order valence-corrected chi connectivity index (χ3v) is 5.05. The van der Waals surface area contributed by atoms with E-state index in [4.69, 9.17) is 14.2 Å². The van der Waals surface area contributed by atoms with E-state index in [1.54, 1.807) is 6.26 Å². The Morgan fingerprint density at radius 3 is 2.70 bits per heavy atom. The van der Waals surface area contributed by atoms with Crippen LogP contribution in [0.2, 0.25) is 0 Å². The summed E-state index contributed by atoms with van der Waals surface area (Å²) in [6, 6.07) is 10.0. The predicted molar refractivity (Wildman–Crippen MR) is 90.5 cm³/mol. The second kappa shape index (κ2) is 7.39. The van der Waals surface area contributed by atoms with Gasteiger partial charge in [-0.2, -0.15) is 0 Å². The Morgan fingerprint density at radius 1 is 1.17 bits per heavy atom. The monoisotopic (exact) mass is 316 g/mol. The van der Waals surface area contributed by atoms with E-state index in [1.165, 1.54) is 12.8 Å². The van der Waals surface area contributed by atoms with Gasteiger partial charge in [-0.15, -0.1) is 0 Å². The summed E-state index contributed by atoms with van der Waals surface area (Å²) in [5.41, 5.74) is 1.03. The van der Waals surface area contributed by atoms with E-state index in [1.807, 2.05) is 30.3 Å². The largest absolute Gasteiger partial charge is 0.455 e. The molecule has 0 radical (unpaired) electrons. The van der Waals surface area contributed by atoms with Gasteiger partial charge in [0.15, 0.2) is 5.76 Å². The van der Waals surface area contributed by atoms with Gasteiger partial charge >= 0.3 is 0 Å². The van der Waals surface area contributed by atoms with Crippen LogP contribution in [0.15, 0.2) is 42.4 Å². The lowest BCUT2D eigenvalue weighted by Crippen LogP contribution is -2.34. The molecule has 1 heterocycles. The molecule has 4 unspecified atom stereocenters. The van der Waals surface area contributed by atoms with Crippen LogP contribution in [-0.4, -0.2) is 12.7 Å². The molecule has 3 heteroatoms. The Kier molecular flexibility index (Phi) is 5.27. The van der Waals surface area contributed by atoms with Gasteiger partial charge in [0.05, 0.1) is 6.10 Å². The van der Waals surface area contributed by atoms with Crippen LogP contribution in [-0.2, 0) is 14.2 Å². The van der Waals surface area contributed by atoms with E-state index >= 15 is 0 Å². The summed E-state index contributed by atoms with van der Waals surface area (Å²) in [5.74, 6) is 2.86. The first-order valence-corrected chi connectivity index (χ1v) is 8.81. The molecule has 3 rings (SSSR count). The lowest BCUT2D eigenvalue weighted by Gasteiger charge is -2.37. The number of hydrogen-bond donors (Lipinski definition) is 0. The SMILES string of the molecule is CC1CCC(C(C)C)C(OCC2=COC(c3ccccc3)O2)C1. The lowest BCUT2D eigenvalue weighted by atomic mass is 9.75. The summed E-state index contributed by atoms with van der Waals surface area (Å²) in [6.45, 7) is 7.44. The molecule has 23 heavy (non-hydrogen) atoms. The van der Waals surface area contributed by atoms with Gasteiger partial charge in [-0.3, -0.25) is 0 Å². The van der Waals surface area contributed by atoms with Crippen LogP contribution < -0.4 is 0 Å². The van der Waals surface area contributed by atoms with Crippen LogP contribution in [0.1, 0.15) is 51.9 Å². The smallest absolute Gasteiger partial charge is 0.266 e. The predicted octanol–water partition coefficient (Wildman–Crippen LogP) is 5.05. The molecule has 1 aliphatic carbocycles. The highest BCUT2D eigenvalue weighted by atomic mass is 16.7. The first kappa shape index (κ1) is 16.4. The average molecular weight is 316 g/mol. The fourth-order valence-corrected chi connectivity index (χ4v) is 3.65. The van der Waals surface area contributed by atoms with E-state index in [2.05, 4.69) is 20.8 Å². The second-order valence-electron chi connectivity index (χ2n) is 7.26. The van der Waals surface area contributed by atoms with Crippen LogP contribution in [0.25, 0.3) is 0 Å². The van der Waals surface area contributed by atoms with Crippen molar-refractivity contribution in [3.05, 3.63) is 47.9 Å². The van der Waals surface area contributed by atoms with Crippen molar-refractivity contribution >= 4 is 0 Å². The van der Waals surface area contributed by atoms with Crippen molar-refractivity contribution in [1.29, 1.82) is 0 Å². The fraction of sp³-hybridized carbons (Fsp3) is 0.600. The van der Waals surface area contributed by atoms with Gasteiger partial charge in [0.2, 0.25) is 0 Å². The van der Waals surface area contributed by atoms with Crippen LogP contribution in [0.4, 0.5) is 0 Å². The topological polar surface area (TPSA) is 27.7 Å². The van der Waals surface area contributed by atoms with E-state index < -0.39 is 0 Å². The van der Waals surface area contributed by atoms with Gasteiger partial charge in [0.25, 0.3) is 6.29 Å². The third-order valence-electron chi connectivity index (χ3n) is 5.05. The minimum Gasteiger partial charge on any atom is -0.455 e. The van der Waals surface area contributed by atoms with Gasteiger partial charge in [0.1, 0.15) is 12.9 Å². The van der Waals surface area contributed by atoms with Crippen LogP contribution in [0.5, 0.6) is 0 Å². The molecule has 2 aliphatic rings. The first-order chi connectivity index (χ1) is 11.1. The molecule has 0 spiro atoms. The molecule has 0 amide bonds. The van der Waals surface area contributed by atoms with Gasteiger partial charge in [0, 0.05) is 5.56 Å². The molecule has 126 valence electrons. The van der Waals surface area contributed by atoms with Gasteiger partial charge in [-0.05, 0) is 30.6 Å². The second-order valence-corrected chi connectivity index (χ2v) is 7.26. The summed E-state index contributed by atoms with van der Waals surface area (Å²) in [5, 5.41) is 0. The summed E-state index contributed by atoms with van der Waals surface area (Å²) in [4.78, 5) is 0. The molecular formula is C20H28O3. The highest BCUT2D eigenvalue weighted by Gasteiger charge is 2.32. The maximum atomic E-state index is 6.22. The highest BCUT2D eigenvalue weighted by Crippen LogP contribution is 2.36. The number of benzene rings is 1. The zero-order chi connectivity index (χ0) is 16.2. The molecule has 4 atom stereocenters. The van der Waals surface area contributed by atoms with Crippen molar-refractivity contribution in [2.24, 2.45) is 17.8 Å². The lowest BCUT2D eigenvalue weighted by molar-refractivity contribution is -0.0673. The standard InChI is InChI=1S/C20H28O3/c1-14(2)18-10-9-15(3)11-19(18)21-12-17-13-22-20(23-17)16-7-5-4-6-8-16/h4-8,13-15,18-20H,9-12H2,1-3H3. The molecule has 0 N–H and O–H groups in total. The summed E-state index contributed by atoms with van der Waals surface area (Å²) in [7, 11) is 0. The molecule has 1 saturated carbocycles. The van der Waals surface area contributed by atoms with Crippen LogP contribution >= 0.6 is 0 Å². The van der Waals surface area contributed by atoms with Crippen LogP contribution in [0, 0.1) is 17.8 Å². The molecule has 0 aromatic heterocycles. The van der Waals surface area contributed by atoms with Crippen molar-refractivity contribution in [1.82, 2.24) is 0 Å². The maximum Gasteiger partial charge on any atom is 0.266 e. The van der Waals surface area contributed by atoms with Crippen molar-refractivity contribution in [2.45, 2.75) is 52.4 Å². The first-order valence-electron chi connectivity index (χ1n) is 8.81. The fourth-order valence-electron chi connectivity index (χ4n) is 3.65. The normalized spacial score (nSPS) is 30.7. The highest BCUT2D eigenvalue weighted by molar-refractivity contribution is 5.17. The average Bonchev–Trinajstić information content (AvgIpc) is 3.02. The van der Waals surface area contributed by atoms with E-state index in [-0.39, 0.29) is 6.29 Å². The molecule has 1 aliphatic heterocycles. The molecule has 1 aromatic carbocycles. The van der Waals surface area contributed by atoms with Crippen molar-refractivity contribution in [2.75, 3.05) is 6.61 Å². The molecule has 0 bridgehead atoms. The third kappa shape index (κ3) is 4.08. The number of hydrogen-bond acceptors (Lipinski definition) is 3. The van der Waals surface area contributed by atoms with E-state index in [0.717, 1.165) is 23.7 Å². The Balaban J connectivity index is 1.52. The molecule has 0 saturated heterocycles. The summed E-state index contributed by atoms with van der Waals surface area (Å²) < 4.78 is 17.7. The van der Waals surface area contributed by atoms with Gasteiger partial charge in [-0.1, -0.05) is 57.5 Å². The van der Waals surface area contributed by atoms with Crippen molar-refractivity contribution in [3.8, 4) is 0 Å². The summed E-state index contributed by atoms with van der Waals surface area (Å²) >= 11 is 0. The number of rotatable bonds is 5. The molecule has 1 fully saturated rings. The minimum atomic E-state index is -0.332. The Hall–Kier alpha value is -1.48. The Bertz CT molecular complexity index is 523. The van der Waals surface area contributed by atoms with E-state index in [9.17, 15) is 0 Å². The molecule has 1 aromatic rings. The van der Waals surface area contributed by atoms with Gasteiger partial charge < -0.3 is 14.2 Å². The zero-order valence-electron chi connectivity index (χ0n) is 14.4. The van der Waals surface area contributed by atoms with E-state index in [0.29, 0.717) is 24.5 Å². The zero-order valence-corrected chi connectivity index (χ0v) is 14.4. The van der Waals surface area contributed by atoms with Crippen molar-refractivity contribution in [3.63, 3.8) is 0 Å². The van der Waals surface area contributed by atoms with Gasteiger partial charge in [-0.25, -0.2) is 0 Å². The minimum absolute atomic E-state index is 0.332. The maximum absolute atomic E-state index is 6.22. The summed E-state index contributed by atoms with van der Waals surface area (Å²) in [6.07, 6.45) is 5.45. The molecule has 3 nitrogen and oxygen atoms in total. The van der Waals surface area contributed by atoms with Crippen molar-refractivity contribution < 1.29 is 14.2 Å². The van der Waals surface area contributed by atoms with Crippen LogP contribution in [0.3, 0.4) is 0 Å². The Morgan fingerprint density at radius 2 is 1.96 bits per heavy atom. The molecular weight excluding hydrogens is 288 g/mol. The quantitative estimate of drug-likeness (QED) is 0.760. The number of ether oxygens (including phenoxy) is 3.